The van der Waals surface area contributed by atoms with Crippen molar-refractivity contribution in [2.24, 2.45) is 81.4 Å². The van der Waals surface area contributed by atoms with E-state index in [1.165, 1.54) is 41.5 Å². The summed E-state index contributed by atoms with van der Waals surface area (Å²) < 4.78 is 0. The van der Waals surface area contributed by atoms with Crippen LogP contribution in [0.4, 0.5) is 0 Å². The zero-order valence-electron chi connectivity index (χ0n) is 88.9. The van der Waals surface area contributed by atoms with Gasteiger partial charge in [0.2, 0.25) is 124 Å². The van der Waals surface area contributed by atoms with Crippen molar-refractivity contribution < 1.29 is 101 Å². The molecule has 0 spiro atoms. The van der Waals surface area contributed by atoms with E-state index in [9.17, 15) is 101 Å². The summed E-state index contributed by atoms with van der Waals surface area (Å²) in [6.07, 6.45) is 7.89. The molecule has 0 rings (SSSR count). The lowest BCUT2D eigenvalue weighted by Crippen LogP contribution is -2.61. The number of hydrogen-bond acceptors (Lipinski definition) is 28. The number of nitrogens with two attached hydrogens (primary N) is 8. The first kappa shape index (κ1) is 134. The number of nitrogens with one attached hydrogen (secondary N) is 20. The molecule has 0 aromatic rings. The van der Waals surface area contributed by atoms with Gasteiger partial charge in [-0.15, -0.1) is 0 Å². The minimum absolute atomic E-state index is 0.000150. The van der Waals surface area contributed by atoms with Crippen molar-refractivity contribution in [1.29, 1.82) is 0 Å². The number of primary amides is 1. The molecule has 0 aliphatic heterocycles. The molecule has 830 valence electrons. The van der Waals surface area contributed by atoms with Crippen molar-refractivity contribution in [3.05, 3.63) is 0 Å². The van der Waals surface area contributed by atoms with Crippen molar-refractivity contribution in [2.75, 3.05) is 58.9 Å². The first-order chi connectivity index (χ1) is 68.4. The van der Waals surface area contributed by atoms with Gasteiger partial charge in [-0.2, -0.15) is 0 Å². The molecule has 49 heteroatoms. The molecule has 36 N–H and O–H groups in total. The number of unbranched alkanes of at least 4 members (excludes halogenated alkanes) is 6. The summed E-state index contributed by atoms with van der Waals surface area (Å²) in [5, 5.41) is 52.1. The highest BCUT2D eigenvalue weighted by Gasteiger charge is 2.41. The van der Waals surface area contributed by atoms with Crippen LogP contribution in [-0.2, 0) is 101 Å². The summed E-state index contributed by atoms with van der Waals surface area (Å²) in [5.74, 6) is -19.5. The van der Waals surface area contributed by atoms with Crippen molar-refractivity contribution in [2.45, 2.75) is 387 Å². The Balaban J connectivity index is 6.49. The van der Waals surface area contributed by atoms with E-state index in [0.717, 1.165) is 0 Å². The van der Waals surface area contributed by atoms with Crippen molar-refractivity contribution in [3.8, 4) is 0 Å². The minimum Gasteiger partial charge on any atom is -0.368 e. The molecule has 21 amide bonds. The molecule has 0 saturated heterocycles. The molecule has 0 heterocycles. The Kier molecular flexibility index (Phi) is 67.8. The predicted octanol–water partition coefficient (Wildman–Crippen LogP) is -5.44. The maximum Gasteiger partial charge on any atom is 0.243 e. The van der Waals surface area contributed by atoms with Crippen LogP contribution >= 0.6 is 0 Å². The fraction of sp³-hybridized carbons (Fsp3) is 0.781. The summed E-state index contributed by atoms with van der Waals surface area (Å²) in [5.41, 5.74) is 46.0. The molecule has 0 bridgehead atoms. The van der Waals surface area contributed by atoms with Crippen LogP contribution in [0.25, 0.3) is 0 Å². The maximum atomic E-state index is 14.4. The molecular weight excluding hydrogens is 1880 g/mol. The van der Waals surface area contributed by atoms with Crippen molar-refractivity contribution in [3.63, 3.8) is 0 Å². The Hall–Kier alpha value is -11.4. The van der Waals surface area contributed by atoms with Gasteiger partial charge < -0.3 is 152 Å². The van der Waals surface area contributed by atoms with E-state index in [-0.39, 0.29) is 70.7 Å². The first-order valence-corrected chi connectivity index (χ1v) is 51.7. The second-order valence-electron chi connectivity index (χ2n) is 38.0. The van der Waals surface area contributed by atoms with Gasteiger partial charge in [-0.25, -0.2) is 0 Å². The molecule has 0 aromatic heterocycles. The highest BCUT2D eigenvalue weighted by molar-refractivity contribution is 6.02. The van der Waals surface area contributed by atoms with E-state index >= 15 is 0 Å². The van der Waals surface area contributed by atoms with Gasteiger partial charge in [0, 0.05) is 0 Å². The second-order valence-corrected chi connectivity index (χ2v) is 38.0. The third-order valence-corrected chi connectivity index (χ3v) is 25.8. The van der Waals surface area contributed by atoms with Crippen LogP contribution in [0.3, 0.4) is 0 Å². The third-order valence-electron chi connectivity index (χ3n) is 25.8. The molecule has 24 atom stereocenters. The molecule has 49 nitrogen and oxygen atoms in total. The lowest BCUT2D eigenvalue weighted by atomic mass is 9.96. The third kappa shape index (κ3) is 51.5. The standard InChI is InChI=1S/C96H180N28O21/c1-19-52(7)73(119-85(134)64(103)37-25-31-43-97)92(141)109-59(14)80(129)105-49-71(126)115-66(39-27-33-45-99)87(136)121-77(56(11)23-5)95(144)112-62(17)83(132)118-69(42-30-36-48-102)90(139)124-76(55(10)22-4)94(143)111-61(16)82(131)107-51-72(127)116-67(40-28-34-46-100)88(137)122-78(57(12)24-6)96(145)113-63(18)84(133)117-68(41-29-35-47-101)89(138)123-75(54(9)21-3)93(142)110-60(15)81(130)106-50-70(125)114-65(38-26-32-44-98)86(135)120-74(53(8)20-2)91(140)108-58(13)79(104)128/h52-69,73-78H,19-51,97-103H2,1-18H3,(H2,104,128)(H,105,129)(H,106,130)(H,107,131)(H,108,140)(H,109,141)(H,110,142)(H,111,143)(H,112,144)(H,113,145)(H,114,125)(H,115,126)(H,116,127)(H,117,133)(H,118,132)(H,119,134)(H,120,135)(H,121,136)(H,122,137)(H,123,138)(H,124,139)/t52-,53-,54-,55-,56-,57-,58-,59-,60-,61-,62-,63-,64-,65-,66-,67-,68-,69-,73-,74-,75-,76-,77-,78-/m0/s1. The van der Waals surface area contributed by atoms with Crippen molar-refractivity contribution in [1.82, 2.24) is 106 Å². The molecule has 0 aliphatic rings. The number of hydrogen-bond donors (Lipinski definition) is 28. The predicted molar refractivity (Wildman–Crippen MR) is 547 cm³/mol. The number of carbonyl (C=O) groups excluding carboxylic acids is 21. The maximum absolute atomic E-state index is 14.4. The van der Waals surface area contributed by atoms with Gasteiger partial charge in [-0.3, -0.25) is 101 Å². The van der Waals surface area contributed by atoms with E-state index in [2.05, 4.69) is 106 Å². The summed E-state index contributed by atoms with van der Waals surface area (Å²) in [6, 6.07) is -22.3. The average Bonchev–Trinajstić information content (AvgIpc) is 0.839. The van der Waals surface area contributed by atoms with Gasteiger partial charge >= 0.3 is 0 Å². The van der Waals surface area contributed by atoms with Crippen LogP contribution in [0, 0.1) is 35.5 Å². The lowest BCUT2D eigenvalue weighted by Gasteiger charge is -2.29. The SMILES string of the molecule is CC[C@H](C)[C@H](NC(=O)[C@H](CCCCN)NC(=O)CNC(=O)[C@H](C)NC(=O)[C@@H](NC(=O)[C@H](CCCCN)NC(=O)[C@H](C)NC(=O)[C@@H](NC(=O)[C@H](CCCCN)NC(=O)CNC(=O)[C@H](C)NC(=O)[C@@H](NC(=O)[C@H](CCCCN)NC(=O)[C@H](C)NC(=O)[C@@H](NC(=O)[C@H](CCCCN)NC(=O)CNC(=O)[C@H](C)NC(=O)[C@@H](NC(=O)[C@@H](N)CCCCN)[C@@H](C)CC)[C@@H](C)CC)[C@@H](C)CC)[C@@H](C)CC)[C@@H](C)CC)C(=O)N[C@@H](C)C(N)=O. The molecule has 145 heavy (non-hydrogen) atoms. The summed E-state index contributed by atoms with van der Waals surface area (Å²) >= 11 is 0. The van der Waals surface area contributed by atoms with Gasteiger partial charge in [0.1, 0.15) is 103 Å². The highest BCUT2D eigenvalue weighted by Crippen LogP contribution is 2.19. The van der Waals surface area contributed by atoms with E-state index in [1.54, 1.807) is 76.2 Å². The van der Waals surface area contributed by atoms with Crippen molar-refractivity contribution >= 4 is 124 Å². The van der Waals surface area contributed by atoms with E-state index in [4.69, 9.17) is 45.9 Å². The molecule has 0 aromatic carbocycles. The molecule has 0 aliphatic carbocycles. The number of amides is 21. The van der Waals surface area contributed by atoms with Gasteiger partial charge in [-0.05, 0) is 225 Å². The summed E-state index contributed by atoms with van der Waals surface area (Å²) in [6.45, 7) is 28.5. The second kappa shape index (κ2) is 73.6. The lowest BCUT2D eigenvalue weighted by molar-refractivity contribution is -0.136. The monoisotopic (exact) mass is 2060 g/mol. The Morgan fingerprint density at radius 1 is 0.193 bits per heavy atom. The quantitative estimate of drug-likeness (QED) is 0.0253. The smallest absolute Gasteiger partial charge is 0.243 e. The molecule has 0 radical (unpaired) electrons. The van der Waals surface area contributed by atoms with Crippen LogP contribution in [0.5, 0.6) is 0 Å². The summed E-state index contributed by atoms with van der Waals surface area (Å²) in [7, 11) is 0. The molecular formula is C96H180N28O21. The molecule has 0 unspecified atom stereocenters. The zero-order chi connectivity index (χ0) is 110. The normalized spacial score (nSPS) is 16.2. The number of rotatable bonds is 77. The molecule has 0 saturated carbocycles. The average molecular weight is 2060 g/mol. The largest absolute Gasteiger partial charge is 0.368 e. The topological polar surface area (TPSA) is 807 Å². The van der Waals surface area contributed by atoms with Crippen LogP contribution in [-0.4, -0.2) is 292 Å². The Labute approximate surface area is 855 Å². The van der Waals surface area contributed by atoms with Gasteiger partial charge in [-0.1, -0.05) is 128 Å². The van der Waals surface area contributed by atoms with Gasteiger partial charge in [0.05, 0.1) is 25.7 Å². The first-order valence-electron chi connectivity index (χ1n) is 51.7. The van der Waals surface area contributed by atoms with E-state index in [1.807, 2.05) is 6.92 Å². The van der Waals surface area contributed by atoms with Gasteiger partial charge in [0.25, 0.3) is 0 Å². The van der Waals surface area contributed by atoms with E-state index < -0.39 is 282 Å². The van der Waals surface area contributed by atoms with Crippen LogP contribution in [0.2, 0.25) is 0 Å². The Morgan fingerprint density at radius 3 is 0.552 bits per heavy atom. The van der Waals surface area contributed by atoms with Gasteiger partial charge in [0.15, 0.2) is 0 Å². The molecule has 0 fully saturated rings. The fourth-order valence-corrected chi connectivity index (χ4v) is 14.7. The minimum atomic E-state index is -1.37. The van der Waals surface area contributed by atoms with Crippen LogP contribution in [0.1, 0.15) is 279 Å². The zero-order valence-corrected chi connectivity index (χ0v) is 88.9. The summed E-state index contributed by atoms with van der Waals surface area (Å²) in [4.78, 5) is 289. The van der Waals surface area contributed by atoms with E-state index in [0.29, 0.717) is 129 Å². The Morgan fingerprint density at radius 2 is 0.366 bits per heavy atom. The Bertz CT molecular complexity index is 4100. The van der Waals surface area contributed by atoms with Crippen LogP contribution in [0.15, 0.2) is 0 Å². The van der Waals surface area contributed by atoms with Crippen LogP contribution < -0.4 is 152 Å². The number of carbonyl (C=O) groups is 21. The highest BCUT2D eigenvalue weighted by atomic mass is 16.2. The fourth-order valence-electron chi connectivity index (χ4n) is 14.7.